The van der Waals surface area contributed by atoms with Crippen molar-refractivity contribution in [1.82, 2.24) is 0 Å². The summed E-state index contributed by atoms with van der Waals surface area (Å²) >= 11 is 0. The molecular formula is C12H20O4. The van der Waals surface area contributed by atoms with Crippen LogP contribution in [-0.4, -0.2) is 25.2 Å². The van der Waals surface area contributed by atoms with Crippen LogP contribution in [0.4, 0.5) is 0 Å². The maximum Gasteiger partial charge on any atom is 0.333 e. The molecule has 0 aliphatic rings. The summed E-state index contributed by atoms with van der Waals surface area (Å²) in [5, 5.41) is 0. The highest BCUT2D eigenvalue weighted by molar-refractivity contribution is 5.87. The Morgan fingerprint density at radius 3 is 2.12 bits per heavy atom. The van der Waals surface area contributed by atoms with E-state index in [0.717, 1.165) is 0 Å². The topological polar surface area (TPSA) is 52.6 Å². The van der Waals surface area contributed by atoms with Crippen LogP contribution in [0.5, 0.6) is 0 Å². The molecule has 0 N–H and O–H groups in total. The van der Waals surface area contributed by atoms with Crippen LogP contribution in [0.1, 0.15) is 27.7 Å². The second-order valence-corrected chi connectivity index (χ2v) is 4.30. The third-order valence-corrected chi connectivity index (χ3v) is 1.77. The van der Waals surface area contributed by atoms with Crippen LogP contribution in [0.15, 0.2) is 12.2 Å². The van der Waals surface area contributed by atoms with Crippen LogP contribution in [-0.2, 0) is 19.1 Å². The van der Waals surface area contributed by atoms with Gasteiger partial charge < -0.3 is 9.47 Å². The molecule has 0 amide bonds. The molecule has 0 spiro atoms. The molecule has 1 atom stereocenters. The van der Waals surface area contributed by atoms with E-state index in [4.69, 9.17) is 9.47 Å². The van der Waals surface area contributed by atoms with Gasteiger partial charge in [-0.3, -0.25) is 4.79 Å². The molecule has 0 aromatic heterocycles. The van der Waals surface area contributed by atoms with Gasteiger partial charge in [-0.1, -0.05) is 20.4 Å². The predicted molar refractivity (Wildman–Crippen MR) is 60.7 cm³/mol. The zero-order chi connectivity index (χ0) is 12.7. The highest BCUT2D eigenvalue weighted by atomic mass is 16.5. The number of carbonyl (C=O) groups excluding carboxylic acids is 2. The average molecular weight is 228 g/mol. The lowest BCUT2D eigenvalue weighted by atomic mass is 10.2. The van der Waals surface area contributed by atoms with Crippen molar-refractivity contribution in [3.05, 3.63) is 12.2 Å². The van der Waals surface area contributed by atoms with Crippen molar-refractivity contribution in [3.63, 3.8) is 0 Å². The smallest absolute Gasteiger partial charge is 0.333 e. The van der Waals surface area contributed by atoms with E-state index in [0.29, 0.717) is 18.1 Å². The van der Waals surface area contributed by atoms with Crippen molar-refractivity contribution < 1.29 is 19.1 Å². The molecule has 0 aliphatic heterocycles. The van der Waals surface area contributed by atoms with Crippen LogP contribution in [0.3, 0.4) is 0 Å². The fourth-order valence-corrected chi connectivity index (χ4v) is 0.783. The van der Waals surface area contributed by atoms with Crippen LogP contribution >= 0.6 is 0 Å². The van der Waals surface area contributed by atoms with E-state index in [1.54, 1.807) is 13.8 Å². The van der Waals surface area contributed by atoms with E-state index >= 15 is 0 Å². The molecule has 0 rings (SSSR count). The third kappa shape index (κ3) is 6.22. The van der Waals surface area contributed by atoms with Crippen molar-refractivity contribution in [1.29, 1.82) is 0 Å². The van der Waals surface area contributed by atoms with Gasteiger partial charge in [-0.25, -0.2) is 4.79 Å². The molecular weight excluding hydrogens is 208 g/mol. The second-order valence-electron chi connectivity index (χ2n) is 4.30. The summed E-state index contributed by atoms with van der Waals surface area (Å²) in [6, 6.07) is 0. The average Bonchev–Trinajstić information content (AvgIpc) is 2.21. The summed E-state index contributed by atoms with van der Waals surface area (Å²) in [4.78, 5) is 22.5. The van der Waals surface area contributed by atoms with Crippen LogP contribution in [0.2, 0.25) is 0 Å². The fourth-order valence-electron chi connectivity index (χ4n) is 0.783. The van der Waals surface area contributed by atoms with Gasteiger partial charge in [0.15, 0.2) is 0 Å². The minimum atomic E-state index is -0.483. The van der Waals surface area contributed by atoms with E-state index in [2.05, 4.69) is 6.58 Å². The maximum absolute atomic E-state index is 11.4. The first-order valence-electron chi connectivity index (χ1n) is 5.33. The lowest BCUT2D eigenvalue weighted by molar-refractivity contribution is -0.153. The molecule has 1 unspecified atom stereocenters. The SMILES string of the molecule is C=C(C)C(=O)OCC(C)C(=O)OCC(C)C. The number of hydrogen-bond donors (Lipinski definition) is 0. The molecule has 0 radical (unpaired) electrons. The Morgan fingerprint density at radius 2 is 1.69 bits per heavy atom. The molecule has 0 saturated heterocycles. The van der Waals surface area contributed by atoms with E-state index < -0.39 is 11.9 Å². The quantitative estimate of drug-likeness (QED) is 0.515. The Labute approximate surface area is 96.6 Å². The third-order valence-electron chi connectivity index (χ3n) is 1.77. The number of rotatable bonds is 6. The van der Waals surface area contributed by atoms with Gasteiger partial charge in [0.2, 0.25) is 0 Å². The molecule has 0 saturated carbocycles. The second kappa shape index (κ2) is 7.04. The molecule has 92 valence electrons. The molecule has 0 aliphatic carbocycles. The van der Waals surface area contributed by atoms with Crippen molar-refractivity contribution in [3.8, 4) is 0 Å². The largest absolute Gasteiger partial charge is 0.465 e. The first kappa shape index (κ1) is 14.7. The first-order valence-corrected chi connectivity index (χ1v) is 5.33. The summed E-state index contributed by atoms with van der Waals surface area (Å²) in [5.74, 6) is -0.970. The van der Waals surface area contributed by atoms with E-state index in [1.807, 2.05) is 13.8 Å². The first-order chi connectivity index (χ1) is 7.34. The minimum Gasteiger partial charge on any atom is -0.465 e. The lowest BCUT2D eigenvalue weighted by Gasteiger charge is -2.13. The predicted octanol–water partition coefficient (Wildman–Crippen LogP) is 1.94. The van der Waals surface area contributed by atoms with Gasteiger partial charge in [0.25, 0.3) is 0 Å². The maximum atomic E-state index is 11.4. The molecule has 0 bridgehead atoms. The molecule has 0 fully saturated rings. The Bertz CT molecular complexity index is 268. The van der Waals surface area contributed by atoms with Gasteiger partial charge in [-0.05, 0) is 19.8 Å². The zero-order valence-electron chi connectivity index (χ0n) is 10.4. The summed E-state index contributed by atoms with van der Waals surface area (Å²) in [7, 11) is 0. The van der Waals surface area contributed by atoms with Crippen LogP contribution in [0.25, 0.3) is 0 Å². The number of ether oxygens (including phenoxy) is 2. The van der Waals surface area contributed by atoms with Crippen molar-refractivity contribution in [2.45, 2.75) is 27.7 Å². The monoisotopic (exact) mass is 228 g/mol. The highest BCUT2D eigenvalue weighted by Crippen LogP contribution is 2.04. The Kier molecular flexibility index (Phi) is 6.46. The molecule has 0 aromatic carbocycles. The van der Waals surface area contributed by atoms with Gasteiger partial charge in [-0.15, -0.1) is 0 Å². The summed E-state index contributed by atoms with van der Waals surface area (Å²) in [5.41, 5.74) is 0.322. The molecule has 16 heavy (non-hydrogen) atoms. The van der Waals surface area contributed by atoms with Gasteiger partial charge in [0, 0.05) is 5.57 Å². The van der Waals surface area contributed by atoms with E-state index in [-0.39, 0.29) is 12.6 Å². The molecule has 4 heteroatoms. The van der Waals surface area contributed by atoms with E-state index in [1.165, 1.54) is 0 Å². The zero-order valence-corrected chi connectivity index (χ0v) is 10.4. The van der Waals surface area contributed by atoms with Gasteiger partial charge >= 0.3 is 11.9 Å². The number of carbonyl (C=O) groups is 2. The minimum absolute atomic E-state index is 0.0304. The Balaban J connectivity index is 3.88. The lowest BCUT2D eigenvalue weighted by Crippen LogP contribution is -2.23. The Morgan fingerprint density at radius 1 is 1.12 bits per heavy atom. The number of hydrogen-bond acceptors (Lipinski definition) is 4. The normalized spacial score (nSPS) is 12.1. The summed E-state index contributed by atoms with van der Waals surface area (Å²) in [6.45, 7) is 11.0. The molecule has 4 nitrogen and oxygen atoms in total. The highest BCUT2D eigenvalue weighted by Gasteiger charge is 2.17. The molecule has 0 heterocycles. The summed E-state index contributed by atoms with van der Waals surface area (Å²) < 4.78 is 9.86. The van der Waals surface area contributed by atoms with Crippen molar-refractivity contribution in [2.24, 2.45) is 11.8 Å². The molecule has 0 aromatic rings. The van der Waals surface area contributed by atoms with E-state index in [9.17, 15) is 9.59 Å². The Hall–Kier alpha value is -1.32. The van der Waals surface area contributed by atoms with Crippen molar-refractivity contribution in [2.75, 3.05) is 13.2 Å². The van der Waals surface area contributed by atoms with Crippen LogP contribution < -0.4 is 0 Å². The van der Waals surface area contributed by atoms with Crippen molar-refractivity contribution >= 4 is 11.9 Å². The van der Waals surface area contributed by atoms with Gasteiger partial charge in [-0.2, -0.15) is 0 Å². The van der Waals surface area contributed by atoms with Crippen LogP contribution in [0, 0.1) is 11.8 Å². The summed E-state index contributed by atoms with van der Waals surface area (Å²) in [6.07, 6.45) is 0. The fraction of sp³-hybridized carbons (Fsp3) is 0.667. The number of esters is 2. The van der Waals surface area contributed by atoms with Gasteiger partial charge in [0.1, 0.15) is 6.61 Å². The van der Waals surface area contributed by atoms with Gasteiger partial charge in [0.05, 0.1) is 12.5 Å². The standard InChI is InChI=1S/C12H20O4/c1-8(2)6-15-12(14)10(5)7-16-11(13)9(3)4/h8,10H,3,6-7H2,1-2,4-5H3.